The van der Waals surface area contributed by atoms with Crippen molar-refractivity contribution in [2.45, 2.75) is 233 Å². The van der Waals surface area contributed by atoms with Gasteiger partial charge in [0, 0.05) is 126 Å². The Kier molecular flexibility index (Phi) is 38.6. The molecule has 18 amide bonds. The zero-order chi connectivity index (χ0) is 105. The Hall–Kier alpha value is -13.5. The Bertz CT molecular complexity index is 5780. The van der Waals surface area contributed by atoms with Crippen LogP contribution in [0, 0.1) is 17.8 Å². The van der Waals surface area contributed by atoms with Crippen LogP contribution >= 0.6 is 45.1 Å². The van der Waals surface area contributed by atoms with Crippen molar-refractivity contribution in [3.05, 3.63) is 120 Å². The van der Waals surface area contributed by atoms with Crippen molar-refractivity contribution in [3.63, 3.8) is 0 Å². The van der Waals surface area contributed by atoms with E-state index in [-0.39, 0.29) is 37.8 Å². The topological polar surface area (TPSA) is 716 Å². The molecule has 11 rings (SSSR count). The van der Waals surface area contributed by atoms with Gasteiger partial charge in [-0.15, -0.1) is 0 Å². The number of H-pyrrole nitrogens is 2. The summed E-state index contributed by atoms with van der Waals surface area (Å²) >= 11 is 1.12. The number of aliphatic carboxylic acids is 2. The van der Waals surface area contributed by atoms with Crippen LogP contribution in [0.4, 0.5) is 0 Å². The molecule has 1 unspecified atom stereocenters. The minimum absolute atomic E-state index is 0.0371. The second-order valence-electron chi connectivity index (χ2n) is 37.2. The minimum Gasteiger partial charge on any atom is -0.481 e. The smallest absolute Gasteiger partial charge is 0.327 e. The number of rotatable bonds is 18. The fourth-order valence-corrected chi connectivity index (χ4v) is 22.5. The zero-order valence-electron chi connectivity index (χ0n) is 79.9. The summed E-state index contributed by atoms with van der Waals surface area (Å²) in [6.45, 7) is 8.69. The summed E-state index contributed by atoms with van der Waals surface area (Å²) in [4.78, 5) is 338. The number of para-hydroxylation sites is 2. The van der Waals surface area contributed by atoms with Gasteiger partial charge in [0.2, 0.25) is 106 Å². The molecule has 0 saturated carbocycles. The van der Waals surface area contributed by atoms with Gasteiger partial charge in [0.05, 0.1) is 43.1 Å². The maximum absolute atomic E-state index is 16.8. The van der Waals surface area contributed by atoms with Gasteiger partial charge < -0.3 is 127 Å². The summed E-state index contributed by atoms with van der Waals surface area (Å²) in [5.74, 6) is -34.4. The number of thioether (sulfide) groups is 2. The lowest BCUT2D eigenvalue weighted by molar-refractivity contribution is -0.143. The summed E-state index contributed by atoms with van der Waals surface area (Å²) in [5, 5.41) is 74.7. The summed E-state index contributed by atoms with van der Waals surface area (Å²) in [7, 11) is 1.33. The number of aliphatic hydroxyl groups excluding tert-OH is 1. The second kappa shape index (κ2) is 50.2. The standard InChI is InChI=1S/C94H121N21O25S4/c1-8-49-30-68(117)59(27-48-17-10-9-11-18-48)102-86(133)67-23-16-26-115(67)89(136)74(45(4)5)110-83(130)61(29-51-36-98-57-22-15-13-20-54(51)57)109-91(139)94-34-63(84(131)111-75(47(7)116)87(134)99-37-71(120)113-94)105-78(125)52(38-143-144-41-66(90(137)138)108-85(132)65(40-142-43-94)107-77(49)124)31-69(118)64-39-141-42-93(33-55(95)79(126)103-62(32-70(96)119)81(128)100-46(6)76(123)114-93)92(140)112-73(44(2)3)88(135)104-60(28-50-35-97-56-21-14-12-19-53(50)56)82(129)101-58(80(127)106-64)24-25-72(121)122/h8-15,17-22,35-36,44-47,52,55,58-67,73-75,97-98,116H,16,23-34,37-43,95H2,1-7H3,(H2,96,119)(H,99,134)(H,100,128)(H,101,129)(H,102,133)(H,103,126)(H,104,135)(H,105,125)(H,106,127)(H,107,124)(H,108,132)(H,109,139)(H,110,130)(H,111,131)(H,112,140)(H,113,120)(H,114,123)(H,121,122)(H,137,138)/b49-8+/t46-,47+,52?,55-,58-,59-,60-,61-,62-,63-,64-,65-,66-,67-,73-,74-,75-,93+,94+/m0/s1. The van der Waals surface area contributed by atoms with Gasteiger partial charge in [-0.2, -0.15) is 23.5 Å². The van der Waals surface area contributed by atoms with Gasteiger partial charge in [-0.3, -0.25) is 101 Å². The Morgan fingerprint density at radius 1 is 0.514 bits per heavy atom. The van der Waals surface area contributed by atoms with Crippen molar-refractivity contribution in [2.75, 3.05) is 47.6 Å². The average molecular weight is 2070 g/mol. The predicted octanol–water partition coefficient (Wildman–Crippen LogP) is -4.16. The number of Topliss-reactive ketones (excluding diaryl/α,β-unsaturated/α-hetero) is 2. The molecule has 19 atom stereocenters. The number of primary amides is 1. The molecule has 5 aromatic rings. The maximum Gasteiger partial charge on any atom is 0.327 e. The number of carboxylic acids is 2. The van der Waals surface area contributed by atoms with E-state index >= 15 is 67.1 Å². The highest BCUT2D eigenvalue weighted by Crippen LogP contribution is 2.33. The Balaban J connectivity index is 1.06. The minimum atomic E-state index is -2.86. The van der Waals surface area contributed by atoms with Crippen LogP contribution in [0.25, 0.3) is 21.8 Å². The number of carboxylic acid groups (broad SMARTS) is 2. The Morgan fingerprint density at radius 2 is 1.07 bits per heavy atom. The van der Waals surface area contributed by atoms with Crippen LogP contribution < -0.4 is 96.5 Å². The molecule has 6 aliphatic heterocycles. The molecule has 50 heteroatoms. The number of amides is 18. The summed E-state index contributed by atoms with van der Waals surface area (Å²) < 4.78 is 0. The molecular weight excluding hydrogens is 1950 g/mol. The first-order valence-corrected chi connectivity index (χ1v) is 51.7. The lowest BCUT2D eigenvalue weighted by Gasteiger charge is -2.38. The van der Waals surface area contributed by atoms with E-state index in [2.05, 4.69) is 95.0 Å². The zero-order valence-corrected chi connectivity index (χ0v) is 83.2. The van der Waals surface area contributed by atoms with Gasteiger partial charge in [0.15, 0.2) is 11.6 Å². The van der Waals surface area contributed by atoms with Crippen LogP contribution in [0.2, 0.25) is 0 Å². The molecule has 8 heterocycles. The molecule has 776 valence electrons. The third-order valence-corrected chi connectivity index (χ3v) is 30.6. The quantitative estimate of drug-likeness (QED) is 0.0292. The lowest BCUT2D eigenvalue weighted by atomic mass is 9.89. The second-order valence-corrected chi connectivity index (χ2v) is 41.8. The molecule has 2 spiro atoms. The highest BCUT2D eigenvalue weighted by atomic mass is 33.1. The highest BCUT2D eigenvalue weighted by molar-refractivity contribution is 8.76. The van der Waals surface area contributed by atoms with E-state index in [4.69, 9.17) is 11.5 Å². The fourth-order valence-electron chi connectivity index (χ4n) is 17.5. The largest absolute Gasteiger partial charge is 0.481 e. The molecule has 3 bridgehead atoms. The summed E-state index contributed by atoms with van der Waals surface area (Å²) in [6.07, 6.45) is -4.73. The monoisotopic (exact) mass is 2070 g/mol. The first-order chi connectivity index (χ1) is 68.3. The van der Waals surface area contributed by atoms with Crippen molar-refractivity contribution in [2.24, 2.45) is 29.2 Å². The molecule has 6 fully saturated rings. The van der Waals surface area contributed by atoms with Crippen molar-refractivity contribution in [1.29, 1.82) is 0 Å². The number of aromatic amines is 2. The van der Waals surface area contributed by atoms with Crippen molar-refractivity contribution >= 4 is 197 Å². The number of aliphatic hydroxyl groups is 1. The summed E-state index contributed by atoms with van der Waals surface area (Å²) in [6, 6.07) is -5.11. The number of nitrogens with one attached hydrogen (secondary N) is 18. The predicted molar refractivity (Wildman–Crippen MR) is 527 cm³/mol. The number of carbonyl (C=O) groups is 22. The molecule has 0 radical (unpaired) electrons. The van der Waals surface area contributed by atoms with Crippen LogP contribution in [0.15, 0.2) is 103 Å². The maximum atomic E-state index is 16.8. The van der Waals surface area contributed by atoms with Gasteiger partial charge in [-0.1, -0.05) is 122 Å². The van der Waals surface area contributed by atoms with Crippen LogP contribution in [0.5, 0.6) is 0 Å². The van der Waals surface area contributed by atoms with E-state index in [0.29, 0.717) is 83.6 Å². The number of ketones is 2. The van der Waals surface area contributed by atoms with Gasteiger partial charge in [0.25, 0.3) is 0 Å². The van der Waals surface area contributed by atoms with Gasteiger partial charge in [0.1, 0.15) is 83.6 Å². The third kappa shape index (κ3) is 28.8. The number of nitrogens with zero attached hydrogens (tertiary/aromatic N) is 1. The van der Waals surface area contributed by atoms with Crippen molar-refractivity contribution in [3.8, 4) is 0 Å². The Morgan fingerprint density at radius 3 is 1.69 bits per heavy atom. The average Bonchev–Trinajstić information content (AvgIpc) is 1.01. The first-order valence-electron chi connectivity index (χ1n) is 46.9. The molecular formula is C94H121N21O25S4. The molecule has 6 aliphatic rings. The number of hydrogen-bond donors (Lipinski definition) is 23. The number of carbonyl (C=O) groups excluding carboxylic acids is 20. The molecule has 144 heavy (non-hydrogen) atoms. The molecule has 3 aromatic carbocycles. The van der Waals surface area contributed by atoms with Crippen molar-refractivity contribution in [1.82, 2.24) is 99.9 Å². The number of fused-ring (bicyclic) bond motifs is 7. The highest BCUT2D eigenvalue weighted by Gasteiger charge is 2.52. The SMILES string of the molecule is C/C=C1\CC(=O)[C@H](Cc2ccccc2)NC(=O)[C@@H]2CCCN2C(=O)[C@H](C(C)C)NC(=O)[C@H](Cc2c[nH]c3ccccc23)NC(=O)[C@]23CSC[C@H](NC1=O)C(=O)N[C@H](C(=O)O)CSSCC(CC(=O)[C@@H]1CSC[C@]4(C[C@H](N)C(=O)N[C@@H](CC(N)=O)C(=O)N[C@@H](C)C(=O)N4)C(=O)N[C@@H](C(C)C)C(=O)N[C@@H](Cc4c[nH]c5ccccc45)C(=O)N[C@@H](CCC(=O)O)C(=O)N1)C(=O)N[C@@H](C2)C(=O)N[C@@H]([C@@H](C)O)C(=O)NCC(=O)N3. The molecule has 25 N–H and O–H groups in total. The number of hydrogen-bond acceptors (Lipinski definition) is 28. The van der Waals surface area contributed by atoms with E-state index in [1.165, 1.54) is 44.1 Å². The van der Waals surface area contributed by atoms with Crippen LogP contribution in [0.3, 0.4) is 0 Å². The molecule has 2 aromatic heterocycles. The van der Waals surface area contributed by atoms with Crippen LogP contribution in [-0.4, -0.2) is 315 Å². The molecule has 6 saturated heterocycles. The molecule has 46 nitrogen and oxygen atoms in total. The number of nitrogens with two attached hydrogens (primary N) is 2. The lowest BCUT2D eigenvalue weighted by Crippen LogP contribution is -2.68. The van der Waals surface area contributed by atoms with E-state index < -0.39 is 348 Å². The molecule has 0 aliphatic carbocycles. The van der Waals surface area contributed by atoms with Crippen LogP contribution in [0.1, 0.15) is 123 Å². The normalized spacial score (nSPS) is 28.8. The van der Waals surface area contributed by atoms with Crippen LogP contribution in [-0.2, 0) is 125 Å². The third-order valence-electron chi connectivity index (χ3n) is 25.6. The number of aromatic nitrogens is 2. The summed E-state index contributed by atoms with van der Waals surface area (Å²) in [5.41, 5.74) is 8.83. The van der Waals surface area contributed by atoms with E-state index in [9.17, 15) is 53.7 Å². The number of allylic oxidation sites excluding steroid dienone is 1. The van der Waals surface area contributed by atoms with Gasteiger partial charge >= 0.3 is 11.9 Å². The number of benzene rings is 3. The van der Waals surface area contributed by atoms with Gasteiger partial charge in [-0.25, -0.2) is 4.79 Å². The van der Waals surface area contributed by atoms with E-state index in [1.54, 1.807) is 92.7 Å². The van der Waals surface area contributed by atoms with Gasteiger partial charge in [-0.05, 0) is 87.1 Å². The van der Waals surface area contributed by atoms with Crippen molar-refractivity contribution < 1.29 is 121 Å². The Labute approximate surface area is 842 Å². The van der Waals surface area contributed by atoms with E-state index in [1.807, 2.05) is 0 Å². The fraction of sp³-hybridized carbons (Fsp3) is 0.511. The van der Waals surface area contributed by atoms with E-state index in [0.717, 1.165) is 13.8 Å². The first kappa shape index (κ1) is 111.